The minimum Gasteiger partial charge on any atom is -0.313 e. The van der Waals surface area contributed by atoms with Crippen molar-refractivity contribution >= 4 is 23.2 Å². The average molecular weight is 205 g/mol. The highest BCUT2D eigenvalue weighted by atomic mass is 35.5. The van der Waals surface area contributed by atoms with Crippen LogP contribution in [0.3, 0.4) is 0 Å². The smallest absolute Gasteiger partial charge is 0.0649 e. The Morgan fingerprint density at radius 2 is 1.92 bits per heavy atom. The van der Waals surface area contributed by atoms with Gasteiger partial charge < -0.3 is 5.32 Å². The van der Waals surface area contributed by atoms with Crippen LogP contribution >= 0.6 is 23.2 Å². The van der Waals surface area contributed by atoms with Crippen LogP contribution in [-0.4, -0.2) is 11.5 Å². The Hall–Kier alpha value is -0.310. The first kappa shape index (κ1) is 9.78. The number of hydrogen-bond acceptors (Lipinski definition) is 2. The zero-order valence-electron chi connectivity index (χ0n) is 6.77. The van der Waals surface area contributed by atoms with E-state index in [2.05, 4.69) is 10.3 Å². The first-order valence-corrected chi connectivity index (χ1v) is 4.50. The van der Waals surface area contributed by atoms with Crippen LogP contribution in [0.5, 0.6) is 0 Å². The summed E-state index contributed by atoms with van der Waals surface area (Å²) >= 11 is 11.8. The summed E-state index contributed by atoms with van der Waals surface area (Å²) in [5.74, 6) is 0. The number of nitrogens with one attached hydrogen (secondary N) is 1. The van der Waals surface area contributed by atoms with E-state index in [1.807, 2.05) is 6.92 Å². The Kier molecular flexibility index (Phi) is 3.79. The zero-order valence-corrected chi connectivity index (χ0v) is 8.28. The fourth-order valence-electron chi connectivity index (χ4n) is 0.857. The molecule has 0 spiro atoms. The van der Waals surface area contributed by atoms with Crippen LogP contribution in [0.15, 0.2) is 12.4 Å². The van der Waals surface area contributed by atoms with Crippen molar-refractivity contribution in [3.8, 4) is 0 Å². The van der Waals surface area contributed by atoms with Gasteiger partial charge in [-0.05, 0) is 6.54 Å². The molecule has 0 saturated carbocycles. The molecule has 1 rings (SSSR count). The van der Waals surface area contributed by atoms with Crippen molar-refractivity contribution in [2.45, 2.75) is 13.5 Å². The number of nitrogens with zero attached hydrogens (tertiary/aromatic N) is 1. The summed E-state index contributed by atoms with van der Waals surface area (Å²) in [7, 11) is 0. The zero-order chi connectivity index (χ0) is 8.97. The third-order valence-electron chi connectivity index (χ3n) is 1.50. The lowest BCUT2D eigenvalue weighted by molar-refractivity contribution is 0.726. The van der Waals surface area contributed by atoms with Crippen molar-refractivity contribution in [3.05, 3.63) is 28.0 Å². The molecule has 0 aliphatic rings. The normalized spacial score (nSPS) is 10.2. The average Bonchev–Trinajstić information content (AvgIpc) is 2.04. The molecule has 4 heteroatoms. The Bertz CT molecular complexity index is 243. The van der Waals surface area contributed by atoms with Crippen molar-refractivity contribution < 1.29 is 0 Å². The Labute approximate surface area is 81.9 Å². The number of rotatable bonds is 3. The molecule has 1 aromatic heterocycles. The van der Waals surface area contributed by atoms with Gasteiger partial charge in [0.25, 0.3) is 0 Å². The topological polar surface area (TPSA) is 24.9 Å². The van der Waals surface area contributed by atoms with Crippen molar-refractivity contribution in [2.75, 3.05) is 6.54 Å². The van der Waals surface area contributed by atoms with E-state index in [9.17, 15) is 0 Å². The third-order valence-corrected chi connectivity index (χ3v) is 2.16. The summed E-state index contributed by atoms with van der Waals surface area (Å²) in [5.41, 5.74) is 0.912. The summed E-state index contributed by atoms with van der Waals surface area (Å²) in [6.45, 7) is 3.62. The van der Waals surface area contributed by atoms with E-state index >= 15 is 0 Å². The molecule has 0 radical (unpaired) electrons. The fourth-order valence-corrected chi connectivity index (χ4v) is 1.36. The van der Waals surface area contributed by atoms with Crippen molar-refractivity contribution in [2.24, 2.45) is 0 Å². The lowest BCUT2D eigenvalue weighted by atomic mass is 10.2. The van der Waals surface area contributed by atoms with Gasteiger partial charge in [-0.1, -0.05) is 30.1 Å². The quantitative estimate of drug-likeness (QED) is 0.819. The second kappa shape index (κ2) is 4.65. The van der Waals surface area contributed by atoms with Crippen LogP contribution in [0.4, 0.5) is 0 Å². The highest BCUT2D eigenvalue weighted by Gasteiger charge is 2.03. The lowest BCUT2D eigenvalue weighted by Crippen LogP contribution is -2.12. The van der Waals surface area contributed by atoms with Gasteiger partial charge in [0.15, 0.2) is 0 Å². The molecule has 0 bridgehead atoms. The summed E-state index contributed by atoms with van der Waals surface area (Å²) in [4.78, 5) is 3.86. The van der Waals surface area contributed by atoms with Gasteiger partial charge in [-0.25, -0.2) is 0 Å². The van der Waals surface area contributed by atoms with E-state index in [1.54, 1.807) is 12.4 Å². The van der Waals surface area contributed by atoms with Gasteiger partial charge in [0.05, 0.1) is 10.0 Å². The van der Waals surface area contributed by atoms with E-state index in [0.717, 1.165) is 12.1 Å². The van der Waals surface area contributed by atoms with E-state index in [4.69, 9.17) is 23.2 Å². The Morgan fingerprint density at radius 1 is 1.33 bits per heavy atom. The lowest BCUT2D eigenvalue weighted by Gasteiger charge is -2.05. The molecule has 0 unspecified atom stereocenters. The fraction of sp³-hybridized carbons (Fsp3) is 0.375. The van der Waals surface area contributed by atoms with Gasteiger partial charge in [0, 0.05) is 24.5 Å². The maximum atomic E-state index is 5.88. The standard InChI is InChI=1S/C8H10Cl2N2/c1-2-11-3-6-7(9)4-12-5-8(6)10/h4-5,11H,2-3H2,1H3. The van der Waals surface area contributed by atoms with Gasteiger partial charge in [-0.2, -0.15) is 0 Å². The molecule has 1 aromatic rings. The van der Waals surface area contributed by atoms with Crippen molar-refractivity contribution in [1.29, 1.82) is 0 Å². The molecule has 0 atom stereocenters. The Balaban J connectivity index is 2.81. The predicted molar refractivity (Wildman–Crippen MR) is 51.6 cm³/mol. The molecular formula is C8H10Cl2N2. The first-order valence-electron chi connectivity index (χ1n) is 3.74. The molecule has 0 aliphatic carbocycles. The molecule has 12 heavy (non-hydrogen) atoms. The van der Waals surface area contributed by atoms with Gasteiger partial charge >= 0.3 is 0 Å². The van der Waals surface area contributed by atoms with Crippen LogP contribution in [0.25, 0.3) is 0 Å². The Morgan fingerprint density at radius 3 is 2.42 bits per heavy atom. The number of pyridine rings is 1. The maximum Gasteiger partial charge on any atom is 0.0649 e. The van der Waals surface area contributed by atoms with Gasteiger partial charge in [0.1, 0.15) is 0 Å². The molecule has 0 fully saturated rings. The maximum absolute atomic E-state index is 5.88. The third kappa shape index (κ3) is 2.34. The minimum absolute atomic E-state index is 0.614. The molecular weight excluding hydrogens is 195 g/mol. The van der Waals surface area contributed by atoms with Gasteiger partial charge in [-0.3, -0.25) is 4.98 Å². The van der Waals surface area contributed by atoms with Crippen LogP contribution in [0.1, 0.15) is 12.5 Å². The molecule has 0 aliphatic heterocycles. The molecule has 66 valence electrons. The van der Waals surface area contributed by atoms with Gasteiger partial charge in [0.2, 0.25) is 0 Å². The predicted octanol–water partition coefficient (Wildman–Crippen LogP) is 2.50. The van der Waals surface area contributed by atoms with E-state index in [-0.39, 0.29) is 0 Å². The number of aromatic nitrogens is 1. The van der Waals surface area contributed by atoms with Crippen LogP contribution in [0.2, 0.25) is 10.0 Å². The van der Waals surface area contributed by atoms with Crippen molar-refractivity contribution in [1.82, 2.24) is 10.3 Å². The summed E-state index contributed by atoms with van der Waals surface area (Å²) < 4.78 is 0. The minimum atomic E-state index is 0.614. The van der Waals surface area contributed by atoms with E-state index in [1.165, 1.54) is 0 Å². The van der Waals surface area contributed by atoms with Crippen LogP contribution in [0, 0.1) is 0 Å². The summed E-state index contributed by atoms with van der Waals surface area (Å²) in [6.07, 6.45) is 3.19. The molecule has 1 heterocycles. The SMILES string of the molecule is CCNCc1c(Cl)cncc1Cl. The van der Waals surface area contributed by atoms with Crippen molar-refractivity contribution in [3.63, 3.8) is 0 Å². The van der Waals surface area contributed by atoms with E-state index in [0.29, 0.717) is 16.6 Å². The molecule has 0 aromatic carbocycles. The highest BCUT2D eigenvalue weighted by molar-refractivity contribution is 6.35. The molecule has 2 nitrogen and oxygen atoms in total. The molecule has 1 N–H and O–H groups in total. The summed E-state index contributed by atoms with van der Waals surface area (Å²) in [6, 6.07) is 0. The number of hydrogen-bond donors (Lipinski definition) is 1. The first-order chi connectivity index (χ1) is 5.75. The van der Waals surface area contributed by atoms with Gasteiger partial charge in [-0.15, -0.1) is 0 Å². The van der Waals surface area contributed by atoms with E-state index < -0.39 is 0 Å². The summed E-state index contributed by atoms with van der Waals surface area (Å²) in [5, 5.41) is 4.38. The van der Waals surface area contributed by atoms with Crippen LogP contribution < -0.4 is 5.32 Å². The second-order valence-corrected chi connectivity index (χ2v) is 3.18. The highest BCUT2D eigenvalue weighted by Crippen LogP contribution is 2.22. The van der Waals surface area contributed by atoms with Crippen LogP contribution in [-0.2, 0) is 6.54 Å². The molecule has 0 saturated heterocycles. The molecule has 0 amide bonds. The monoisotopic (exact) mass is 204 g/mol. The largest absolute Gasteiger partial charge is 0.313 e. The number of halogens is 2. The second-order valence-electron chi connectivity index (χ2n) is 2.36.